The lowest BCUT2D eigenvalue weighted by atomic mass is 9.97. The SMILES string of the molecule is CC(C)C[C@H](NC(=O)OC(C)(C)C)[C@H](O)c1ccccn1. The van der Waals surface area contributed by atoms with Crippen LogP contribution in [0.25, 0.3) is 0 Å². The Bertz CT molecular complexity index is 441. The number of aliphatic hydroxyl groups is 1. The van der Waals surface area contributed by atoms with Crippen LogP contribution in [0.15, 0.2) is 24.4 Å². The molecule has 1 rings (SSSR count). The molecule has 1 aromatic rings. The van der Waals surface area contributed by atoms with Crippen molar-refractivity contribution in [2.45, 2.75) is 58.8 Å². The normalized spacial score (nSPS) is 14.6. The van der Waals surface area contributed by atoms with Crippen molar-refractivity contribution in [3.8, 4) is 0 Å². The highest BCUT2D eigenvalue weighted by Crippen LogP contribution is 2.20. The highest BCUT2D eigenvalue weighted by Gasteiger charge is 2.27. The summed E-state index contributed by atoms with van der Waals surface area (Å²) in [6.07, 6.45) is 0.874. The minimum Gasteiger partial charge on any atom is -0.444 e. The Labute approximate surface area is 126 Å². The summed E-state index contributed by atoms with van der Waals surface area (Å²) in [6.45, 7) is 9.49. The van der Waals surface area contributed by atoms with Crippen molar-refractivity contribution >= 4 is 6.09 Å². The van der Waals surface area contributed by atoms with E-state index in [0.29, 0.717) is 18.0 Å². The fourth-order valence-corrected chi connectivity index (χ4v) is 1.99. The number of nitrogens with zero attached hydrogens (tertiary/aromatic N) is 1. The Morgan fingerprint density at radius 1 is 1.38 bits per heavy atom. The number of carbonyl (C=O) groups is 1. The van der Waals surface area contributed by atoms with Gasteiger partial charge in [-0.25, -0.2) is 4.79 Å². The molecule has 0 bridgehead atoms. The second-order valence-electron chi connectivity index (χ2n) is 6.58. The number of hydrogen-bond acceptors (Lipinski definition) is 4. The van der Waals surface area contributed by atoms with E-state index < -0.39 is 23.8 Å². The van der Waals surface area contributed by atoms with E-state index in [1.54, 1.807) is 39.1 Å². The van der Waals surface area contributed by atoms with Crippen molar-refractivity contribution < 1.29 is 14.6 Å². The van der Waals surface area contributed by atoms with Crippen LogP contribution < -0.4 is 5.32 Å². The number of carbonyl (C=O) groups excluding carboxylic acids is 1. The van der Waals surface area contributed by atoms with Crippen LogP contribution in [-0.4, -0.2) is 27.8 Å². The van der Waals surface area contributed by atoms with Gasteiger partial charge >= 0.3 is 6.09 Å². The Morgan fingerprint density at radius 3 is 2.52 bits per heavy atom. The zero-order valence-electron chi connectivity index (χ0n) is 13.5. The van der Waals surface area contributed by atoms with Crippen LogP contribution in [0.2, 0.25) is 0 Å². The number of amides is 1. The second kappa shape index (κ2) is 7.41. The lowest BCUT2D eigenvalue weighted by Crippen LogP contribution is -2.43. The van der Waals surface area contributed by atoms with Crippen LogP contribution in [0.1, 0.15) is 52.8 Å². The zero-order valence-corrected chi connectivity index (χ0v) is 13.5. The summed E-state index contributed by atoms with van der Waals surface area (Å²) in [4.78, 5) is 16.1. The summed E-state index contributed by atoms with van der Waals surface area (Å²) in [5, 5.41) is 13.2. The minimum absolute atomic E-state index is 0.322. The highest BCUT2D eigenvalue weighted by atomic mass is 16.6. The molecule has 0 unspecified atom stereocenters. The summed E-state index contributed by atoms with van der Waals surface area (Å²) in [5.41, 5.74) is -0.0261. The van der Waals surface area contributed by atoms with Crippen LogP contribution in [-0.2, 0) is 4.74 Å². The van der Waals surface area contributed by atoms with E-state index in [1.807, 2.05) is 19.9 Å². The van der Waals surface area contributed by atoms with E-state index in [4.69, 9.17) is 4.74 Å². The molecule has 0 saturated carbocycles. The molecule has 1 heterocycles. The molecule has 0 aliphatic heterocycles. The van der Waals surface area contributed by atoms with Gasteiger partial charge in [-0.05, 0) is 45.2 Å². The second-order valence-corrected chi connectivity index (χ2v) is 6.58. The van der Waals surface area contributed by atoms with Gasteiger partial charge in [-0.2, -0.15) is 0 Å². The predicted octanol–water partition coefficient (Wildman–Crippen LogP) is 3.05. The van der Waals surface area contributed by atoms with Crippen LogP contribution in [0.3, 0.4) is 0 Å². The van der Waals surface area contributed by atoms with E-state index in [9.17, 15) is 9.90 Å². The van der Waals surface area contributed by atoms with Gasteiger partial charge < -0.3 is 15.2 Å². The van der Waals surface area contributed by atoms with Gasteiger partial charge in [0.1, 0.15) is 11.7 Å². The molecular weight excluding hydrogens is 268 g/mol. The minimum atomic E-state index is -0.860. The van der Waals surface area contributed by atoms with Crippen LogP contribution in [0, 0.1) is 5.92 Å². The van der Waals surface area contributed by atoms with Crippen molar-refractivity contribution in [2.75, 3.05) is 0 Å². The first-order valence-electron chi connectivity index (χ1n) is 7.27. The molecule has 0 fully saturated rings. The van der Waals surface area contributed by atoms with Gasteiger partial charge in [0.15, 0.2) is 0 Å². The van der Waals surface area contributed by atoms with Gasteiger partial charge in [0, 0.05) is 6.20 Å². The topological polar surface area (TPSA) is 71.5 Å². The fraction of sp³-hybridized carbons (Fsp3) is 0.625. The fourth-order valence-electron chi connectivity index (χ4n) is 1.99. The van der Waals surface area contributed by atoms with Gasteiger partial charge in [0.2, 0.25) is 0 Å². The molecule has 1 amide bonds. The molecule has 21 heavy (non-hydrogen) atoms. The first-order valence-corrected chi connectivity index (χ1v) is 7.27. The molecule has 0 saturated heterocycles. The number of pyridine rings is 1. The van der Waals surface area contributed by atoms with Crippen LogP contribution in [0.4, 0.5) is 4.79 Å². The maximum absolute atomic E-state index is 11.9. The van der Waals surface area contributed by atoms with Crippen molar-refractivity contribution in [1.29, 1.82) is 0 Å². The maximum atomic E-state index is 11.9. The molecule has 2 N–H and O–H groups in total. The number of alkyl carbamates (subject to hydrolysis) is 1. The van der Waals surface area contributed by atoms with Crippen molar-refractivity contribution in [3.05, 3.63) is 30.1 Å². The number of aromatic nitrogens is 1. The first kappa shape index (κ1) is 17.4. The smallest absolute Gasteiger partial charge is 0.407 e. The van der Waals surface area contributed by atoms with E-state index in [0.717, 1.165) is 0 Å². The largest absolute Gasteiger partial charge is 0.444 e. The van der Waals surface area contributed by atoms with Crippen molar-refractivity contribution in [3.63, 3.8) is 0 Å². The highest BCUT2D eigenvalue weighted by molar-refractivity contribution is 5.68. The molecular formula is C16H26N2O3. The molecule has 0 aliphatic carbocycles. The molecule has 2 atom stereocenters. The summed E-state index contributed by atoms with van der Waals surface area (Å²) < 4.78 is 5.25. The van der Waals surface area contributed by atoms with E-state index >= 15 is 0 Å². The summed E-state index contributed by atoms with van der Waals surface area (Å²) >= 11 is 0. The van der Waals surface area contributed by atoms with Gasteiger partial charge in [-0.3, -0.25) is 4.98 Å². The average Bonchev–Trinajstić information content (AvgIpc) is 2.35. The van der Waals surface area contributed by atoms with Gasteiger partial charge in [-0.1, -0.05) is 19.9 Å². The van der Waals surface area contributed by atoms with E-state index in [1.165, 1.54) is 0 Å². The third kappa shape index (κ3) is 6.58. The standard InChI is InChI=1S/C16H26N2O3/c1-11(2)10-13(18-15(20)21-16(3,4)5)14(19)12-8-6-7-9-17-12/h6-9,11,13-14,19H,10H2,1-5H3,(H,18,20)/t13-,14+/m0/s1. The quantitative estimate of drug-likeness (QED) is 0.875. The Morgan fingerprint density at radius 2 is 2.05 bits per heavy atom. The number of hydrogen-bond donors (Lipinski definition) is 2. The molecule has 0 radical (unpaired) electrons. The molecule has 1 aromatic heterocycles. The summed E-state index contributed by atoms with van der Waals surface area (Å²) in [6, 6.07) is 4.91. The number of aliphatic hydroxyl groups excluding tert-OH is 1. The number of rotatable bonds is 5. The molecule has 0 spiro atoms. The van der Waals surface area contributed by atoms with E-state index in [-0.39, 0.29) is 0 Å². The summed E-state index contributed by atoms with van der Waals surface area (Å²) in [5.74, 6) is 0.322. The summed E-state index contributed by atoms with van der Waals surface area (Å²) in [7, 11) is 0. The molecule has 118 valence electrons. The maximum Gasteiger partial charge on any atom is 0.407 e. The van der Waals surface area contributed by atoms with Gasteiger partial charge in [0.25, 0.3) is 0 Å². The van der Waals surface area contributed by atoms with E-state index in [2.05, 4.69) is 10.3 Å². The number of ether oxygens (including phenoxy) is 1. The first-order chi connectivity index (χ1) is 9.69. The predicted molar refractivity (Wildman–Crippen MR) is 81.8 cm³/mol. The van der Waals surface area contributed by atoms with Crippen molar-refractivity contribution in [1.82, 2.24) is 10.3 Å². The zero-order chi connectivity index (χ0) is 16.0. The van der Waals surface area contributed by atoms with Gasteiger partial charge in [-0.15, -0.1) is 0 Å². The molecule has 0 aromatic carbocycles. The molecule has 5 heteroatoms. The lowest BCUT2D eigenvalue weighted by Gasteiger charge is -2.27. The average molecular weight is 294 g/mol. The lowest BCUT2D eigenvalue weighted by molar-refractivity contribution is 0.0397. The Balaban J connectivity index is 2.78. The molecule has 0 aliphatic rings. The van der Waals surface area contributed by atoms with Crippen LogP contribution in [0.5, 0.6) is 0 Å². The van der Waals surface area contributed by atoms with Crippen LogP contribution >= 0.6 is 0 Å². The number of nitrogens with one attached hydrogen (secondary N) is 1. The van der Waals surface area contributed by atoms with Gasteiger partial charge in [0.05, 0.1) is 11.7 Å². The third-order valence-corrected chi connectivity index (χ3v) is 2.80. The monoisotopic (exact) mass is 294 g/mol. The Kier molecular flexibility index (Phi) is 6.15. The Hall–Kier alpha value is -1.62. The molecule has 5 nitrogen and oxygen atoms in total. The third-order valence-electron chi connectivity index (χ3n) is 2.80. The van der Waals surface area contributed by atoms with Crippen molar-refractivity contribution in [2.24, 2.45) is 5.92 Å².